The molecule has 0 spiro atoms. The molecule has 2 amide bonds. The maximum absolute atomic E-state index is 12.2. The molecular formula is C21H29N5O2S. The number of nitrogens with one attached hydrogen (secondary N) is 2. The van der Waals surface area contributed by atoms with Crippen LogP contribution in [0.1, 0.15) is 53.8 Å². The van der Waals surface area contributed by atoms with Crippen molar-refractivity contribution in [3.8, 4) is 0 Å². The highest BCUT2D eigenvalue weighted by Crippen LogP contribution is 2.16. The van der Waals surface area contributed by atoms with Crippen molar-refractivity contribution in [2.75, 3.05) is 25.0 Å². The Morgan fingerprint density at radius 3 is 2.83 bits per heavy atom. The van der Waals surface area contributed by atoms with E-state index in [2.05, 4.69) is 32.7 Å². The molecule has 1 atom stereocenters. The van der Waals surface area contributed by atoms with E-state index in [1.165, 1.54) is 30.6 Å². The number of anilines is 1. The van der Waals surface area contributed by atoms with Gasteiger partial charge in [-0.2, -0.15) is 0 Å². The zero-order chi connectivity index (χ0) is 20.5. The average molecular weight is 416 g/mol. The molecule has 2 aromatic rings. The van der Waals surface area contributed by atoms with Gasteiger partial charge in [0.25, 0.3) is 5.91 Å². The van der Waals surface area contributed by atoms with E-state index in [1.54, 1.807) is 0 Å². The Kier molecular flexibility index (Phi) is 8.13. The van der Waals surface area contributed by atoms with Gasteiger partial charge in [-0.15, -0.1) is 10.2 Å². The first-order chi connectivity index (χ1) is 14.1. The topological polar surface area (TPSA) is 87.2 Å². The van der Waals surface area contributed by atoms with Crippen LogP contribution >= 0.6 is 11.3 Å². The van der Waals surface area contributed by atoms with Gasteiger partial charge in [-0.1, -0.05) is 36.0 Å². The number of rotatable bonds is 9. The number of aryl methyl sites for hydroxylation is 1. The lowest BCUT2D eigenvalue weighted by atomic mass is 10.0. The number of aromatic nitrogens is 2. The monoisotopic (exact) mass is 415 g/mol. The number of nitrogens with zero attached hydrogens (tertiary/aromatic N) is 3. The third kappa shape index (κ3) is 6.90. The van der Waals surface area contributed by atoms with Crippen LogP contribution in [0.3, 0.4) is 0 Å². The fraction of sp³-hybridized carbons (Fsp3) is 0.524. The van der Waals surface area contributed by atoms with Crippen LogP contribution in [0, 0.1) is 0 Å². The van der Waals surface area contributed by atoms with Crippen molar-refractivity contribution in [2.45, 2.75) is 51.5 Å². The predicted molar refractivity (Wildman–Crippen MR) is 115 cm³/mol. The molecule has 1 aliphatic heterocycles. The van der Waals surface area contributed by atoms with E-state index in [0.29, 0.717) is 36.9 Å². The van der Waals surface area contributed by atoms with E-state index in [-0.39, 0.29) is 11.8 Å². The second-order valence-electron chi connectivity index (χ2n) is 7.41. The van der Waals surface area contributed by atoms with Gasteiger partial charge in [0.2, 0.25) is 10.9 Å². The van der Waals surface area contributed by atoms with E-state index in [4.69, 9.17) is 0 Å². The summed E-state index contributed by atoms with van der Waals surface area (Å²) < 4.78 is 0. The van der Waals surface area contributed by atoms with Crippen molar-refractivity contribution in [3.05, 3.63) is 40.3 Å². The first-order valence-corrected chi connectivity index (χ1v) is 11.1. The molecule has 3 rings (SSSR count). The summed E-state index contributed by atoms with van der Waals surface area (Å²) in [5, 5.41) is 15.0. The normalized spacial score (nSPS) is 17.1. The van der Waals surface area contributed by atoms with Crippen molar-refractivity contribution >= 4 is 28.8 Å². The number of hydrogen-bond donors (Lipinski definition) is 2. The zero-order valence-electron chi connectivity index (χ0n) is 16.9. The van der Waals surface area contributed by atoms with Crippen LogP contribution in [0.4, 0.5) is 5.69 Å². The van der Waals surface area contributed by atoms with Gasteiger partial charge in [-0.05, 0) is 44.9 Å². The molecule has 2 N–H and O–H groups in total. The fourth-order valence-electron chi connectivity index (χ4n) is 3.47. The van der Waals surface area contributed by atoms with Crippen LogP contribution in [0.15, 0.2) is 30.3 Å². The number of likely N-dealkylation sites (tertiary alicyclic amines) is 1. The number of carbonyl (C=O) groups excluding carboxylic acids is 2. The van der Waals surface area contributed by atoms with Crippen molar-refractivity contribution in [2.24, 2.45) is 0 Å². The minimum atomic E-state index is -0.260. The van der Waals surface area contributed by atoms with E-state index >= 15 is 0 Å². The first-order valence-electron chi connectivity index (χ1n) is 10.3. The smallest absolute Gasteiger partial charge is 0.286 e. The molecule has 0 bridgehead atoms. The third-order valence-electron chi connectivity index (χ3n) is 5.15. The Balaban J connectivity index is 1.33. The number of para-hydroxylation sites is 1. The molecule has 8 heteroatoms. The summed E-state index contributed by atoms with van der Waals surface area (Å²) in [6, 6.07) is 9.88. The third-order valence-corrected chi connectivity index (χ3v) is 6.13. The largest absolute Gasteiger partial charge is 0.355 e. The summed E-state index contributed by atoms with van der Waals surface area (Å²) >= 11 is 1.28. The number of benzene rings is 1. The zero-order valence-corrected chi connectivity index (χ0v) is 17.7. The second kappa shape index (κ2) is 11.0. The standard InChI is InChI=1S/C21H29N5O2S/c1-16-8-5-6-14-26(16)15-13-22-18(27)11-7-12-19-24-25-21(29-19)20(28)23-17-9-3-2-4-10-17/h2-4,9-10,16H,5-8,11-15H2,1H3,(H,22,27)(H,23,28). The van der Waals surface area contributed by atoms with Gasteiger partial charge in [0, 0.05) is 37.7 Å². The SMILES string of the molecule is CC1CCCCN1CCNC(=O)CCCc1nnc(C(=O)Nc2ccccc2)s1. The van der Waals surface area contributed by atoms with Crippen LogP contribution in [0.25, 0.3) is 0 Å². The van der Waals surface area contributed by atoms with Crippen LogP contribution in [0.2, 0.25) is 0 Å². The summed E-state index contributed by atoms with van der Waals surface area (Å²) in [6.45, 7) is 5.01. The Hall–Kier alpha value is -2.32. The van der Waals surface area contributed by atoms with E-state index in [1.807, 2.05) is 30.3 Å². The lowest BCUT2D eigenvalue weighted by molar-refractivity contribution is -0.121. The number of hydrogen-bond acceptors (Lipinski definition) is 6. The summed E-state index contributed by atoms with van der Waals surface area (Å²) in [4.78, 5) is 26.7. The summed E-state index contributed by atoms with van der Waals surface area (Å²) in [5.41, 5.74) is 0.727. The molecule has 1 unspecified atom stereocenters. The van der Waals surface area contributed by atoms with Gasteiger partial charge in [0.1, 0.15) is 5.01 Å². The Labute approximate surface area is 175 Å². The lowest BCUT2D eigenvalue weighted by Crippen LogP contribution is -2.42. The Morgan fingerprint density at radius 1 is 1.21 bits per heavy atom. The summed E-state index contributed by atoms with van der Waals surface area (Å²) in [6.07, 6.45) is 5.62. The van der Waals surface area contributed by atoms with Gasteiger partial charge in [-0.3, -0.25) is 14.5 Å². The number of amides is 2. The highest BCUT2D eigenvalue weighted by Gasteiger charge is 2.17. The molecule has 2 heterocycles. The first kappa shape index (κ1) is 21.4. The molecule has 156 valence electrons. The van der Waals surface area contributed by atoms with Crippen molar-refractivity contribution in [1.29, 1.82) is 0 Å². The minimum Gasteiger partial charge on any atom is -0.355 e. The molecule has 1 fully saturated rings. The fourth-order valence-corrected chi connectivity index (χ4v) is 4.25. The molecule has 1 aromatic heterocycles. The van der Waals surface area contributed by atoms with Gasteiger partial charge in [0.15, 0.2) is 0 Å². The maximum atomic E-state index is 12.2. The van der Waals surface area contributed by atoms with Crippen LogP contribution in [0.5, 0.6) is 0 Å². The molecule has 1 aromatic carbocycles. The highest BCUT2D eigenvalue weighted by atomic mass is 32.1. The second-order valence-corrected chi connectivity index (χ2v) is 8.47. The number of carbonyl (C=O) groups is 2. The molecule has 7 nitrogen and oxygen atoms in total. The average Bonchev–Trinajstić information content (AvgIpc) is 3.19. The molecular weight excluding hydrogens is 386 g/mol. The molecule has 0 saturated carbocycles. The van der Waals surface area contributed by atoms with Gasteiger partial charge < -0.3 is 10.6 Å². The van der Waals surface area contributed by atoms with Gasteiger partial charge >= 0.3 is 0 Å². The number of piperidine rings is 1. The lowest BCUT2D eigenvalue weighted by Gasteiger charge is -2.33. The molecule has 29 heavy (non-hydrogen) atoms. The van der Waals surface area contributed by atoms with E-state index < -0.39 is 0 Å². The molecule has 1 aliphatic rings. The van der Waals surface area contributed by atoms with Crippen molar-refractivity contribution in [1.82, 2.24) is 20.4 Å². The predicted octanol–water partition coefficient (Wildman–Crippen LogP) is 3.10. The van der Waals surface area contributed by atoms with Crippen LogP contribution < -0.4 is 10.6 Å². The van der Waals surface area contributed by atoms with Crippen LogP contribution in [-0.4, -0.2) is 52.6 Å². The quantitative estimate of drug-likeness (QED) is 0.657. The molecule has 0 radical (unpaired) electrons. The summed E-state index contributed by atoms with van der Waals surface area (Å²) in [5.74, 6) is -0.189. The van der Waals surface area contributed by atoms with Crippen molar-refractivity contribution in [3.63, 3.8) is 0 Å². The Bertz CT molecular complexity index is 795. The minimum absolute atomic E-state index is 0.0706. The molecule has 1 saturated heterocycles. The van der Waals surface area contributed by atoms with Gasteiger partial charge in [0.05, 0.1) is 0 Å². The summed E-state index contributed by atoms with van der Waals surface area (Å²) in [7, 11) is 0. The maximum Gasteiger partial charge on any atom is 0.286 e. The highest BCUT2D eigenvalue weighted by molar-refractivity contribution is 7.13. The van der Waals surface area contributed by atoms with Gasteiger partial charge in [-0.25, -0.2) is 0 Å². The van der Waals surface area contributed by atoms with E-state index in [0.717, 1.165) is 23.8 Å². The Morgan fingerprint density at radius 2 is 2.03 bits per heavy atom. The molecule has 0 aliphatic carbocycles. The van der Waals surface area contributed by atoms with Crippen molar-refractivity contribution < 1.29 is 9.59 Å². The van der Waals surface area contributed by atoms with E-state index in [9.17, 15) is 9.59 Å². The van der Waals surface area contributed by atoms with Crippen LogP contribution in [-0.2, 0) is 11.2 Å².